The van der Waals surface area contributed by atoms with Crippen molar-refractivity contribution in [3.8, 4) is 0 Å². The van der Waals surface area contributed by atoms with Crippen molar-refractivity contribution in [2.45, 2.75) is 31.2 Å². The number of halogens is 1. The Bertz CT molecular complexity index is 623. The van der Waals surface area contributed by atoms with Crippen LogP contribution in [0.15, 0.2) is 34.2 Å². The van der Waals surface area contributed by atoms with E-state index in [4.69, 9.17) is 5.73 Å². The Labute approximate surface area is 155 Å². The summed E-state index contributed by atoms with van der Waals surface area (Å²) in [4.78, 5) is 6.77. The van der Waals surface area contributed by atoms with Gasteiger partial charge in [-0.3, -0.25) is 0 Å². The number of rotatable bonds is 4. The quantitative estimate of drug-likeness (QED) is 0.414. The Morgan fingerprint density at radius 1 is 1.30 bits per heavy atom. The monoisotopic (exact) mass is 452 g/mol. The molecule has 2 rings (SSSR count). The molecule has 0 amide bonds. The fourth-order valence-electron chi connectivity index (χ4n) is 2.40. The van der Waals surface area contributed by atoms with Crippen molar-refractivity contribution in [1.82, 2.24) is 9.62 Å². The van der Waals surface area contributed by atoms with E-state index < -0.39 is 10.0 Å². The summed E-state index contributed by atoms with van der Waals surface area (Å²) in [5.41, 5.74) is 6.97. The smallest absolute Gasteiger partial charge is 0.240 e. The van der Waals surface area contributed by atoms with Gasteiger partial charge in [-0.25, -0.2) is 18.1 Å². The van der Waals surface area contributed by atoms with Gasteiger partial charge < -0.3 is 10.6 Å². The molecule has 1 aliphatic heterocycles. The largest absolute Gasteiger partial charge is 0.370 e. The highest BCUT2D eigenvalue weighted by Crippen LogP contribution is 2.16. The molecule has 3 N–H and O–H groups in total. The molecule has 0 atom stereocenters. The molecule has 1 aromatic rings. The van der Waals surface area contributed by atoms with Gasteiger partial charge in [-0.05, 0) is 43.5 Å². The van der Waals surface area contributed by atoms with Crippen molar-refractivity contribution < 1.29 is 8.42 Å². The van der Waals surface area contributed by atoms with E-state index in [1.54, 1.807) is 24.3 Å². The van der Waals surface area contributed by atoms with Gasteiger partial charge in [0.25, 0.3) is 0 Å². The number of sulfonamides is 1. The first kappa shape index (κ1) is 20.2. The molecule has 0 aromatic heterocycles. The lowest BCUT2D eigenvalue weighted by Gasteiger charge is -2.31. The van der Waals surface area contributed by atoms with E-state index >= 15 is 0 Å². The topological polar surface area (TPSA) is 87.8 Å². The Kier molecular flexibility index (Phi) is 7.75. The normalized spacial score (nSPS) is 17.0. The summed E-state index contributed by atoms with van der Waals surface area (Å²) in [6.07, 6.45) is 2.29. The zero-order chi connectivity index (χ0) is 16.2. The van der Waals surface area contributed by atoms with Crippen molar-refractivity contribution in [2.24, 2.45) is 16.6 Å². The average Bonchev–Trinajstić information content (AvgIpc) is 2.53. The zero-order valence-corrected chi connectivity index (χ0v) is 16.7. The lowest BCUT2D eigenvalue weighted by Crippen LogP contribution is -2.42. The van der Waals surface area contributed by atoms with Crippen molar-refractivity contribution >= 4 is 40.0 Å². The predicted molar refractivity (Wildman–Crippen MR) is 103 cm³/mol. The van der Waals surface area contributed by atoms with Gasteiger partial charge in [-0.1, -0.05) is 19.1 Å². The number of benzene rings is 1. The number of nitrogens with one attached hydrogen (secondary N) is 1. The highest BCUT2D eigenvalue weighted by molar-refractivity contribution is 14.0. The van der Waals surface area contributed by atoms with Gasteiger partial charge in [-0.15, -0.1) is 24.0 Å². The molecule has 1 aliphatic rings. The fourth-order valence-corrected chi connectivity index (χ4v) is 3.13. The minimum Gasteiger partial charge on any atom is -0.370 e. The highest BCUT2D eigenvalue weighted by Gasteiger charge is 2.16. The molecule has 0 spiro atoms. The zero-order valence-electron chi connectivity index (χ0n) is 13.5. The number of nitrogens with zero attached hydrogens (tertiary/aromatic N) is 2. The van der Waals surface area contributed by atoms with E-state index in [0.29, 0.717) is 12.5 Å². The number of guanidine groups is 1. The summed E-state index contributed by atoms with van der Waals surface area (Å²) in [7, 11) is -1.99. The van der Waals surface area contributed by atoms with Crippen LogP contribution in [0.5, 0.6) is 0 Å². The summed E-state index contributed by atoms with van der Waals surface area (Å²) in [6.45, 7) is 4.62. The summed E-state index contributed by atoms with van der Waals surface area (Å²) in [5.74, 6) is 1.32. The van der Waals surface area contributed by atoms with Crippen LogP contribution in [0.4, 0.5) is 0 Å². The molecule has 0 aliphatic carbocycles. The second-order valence-electron chi connectivity index (χ2n) is 5.70. The molecule has 0 saturated carbocycles. The summed E-state index contributed by atoms with van der Waals surface area (Å²) < 4.78 is 25.6. The molecule has 0 bridgehead atoms. The van der Waals surface area contributed by atoms with Gasteiger partial charge >= 0.3 is 0 Å². The van der Waals surface area contributed by atoms with Gasteiger partial charge in [0.1, 0.15) is 0 Å². The molecule has 130 valence electrons. The third-order valence-electron chi connectivity index (χ3n) is 4.03. The molecular formula is C15H25IN4O2S. The lowest BCUT2D eigenvalue weighted by atomic mass is 10.00. The maximum atomic E-state index is 11.6. The van der Waals surface area contributed by atoms with Gasteiger partial charge in [0, 0.05) is 13.1 Å². The predicted octanol–water partition coefficient (Wildman–Crippen LogP) is 1.76. The Morgan fingerprint density at radius 3 is 2.39 bits per heavy atom. The first-order valence-electron chi connectivity index (χ1n) is 7.49. The molecule has 6 nitrogen and oxygen atoms in total. The van der Waals surface area contributed by atoms with Crippen molar-refractivity contribution in [2.75, 3.05) is 20.1 Å². The number of hydrogen-bond acceptors (Lipinski definition) is 3. The molecule has 1 fully saturated rings. The van der Waals surface area contributed by atoms with E-state index in [0.717, 1.165) is 37.4 Å². The number of piperidine rings is 1. The minimum atomic E-state index is -3.39. The maximum Gasteiger partial charge on any atom is 0.240 e. The van der Waals surface area contributed by atoms with Crippen LogP contribution in [-0.2, 0) is 16.6 Å². The summed E-state index contributed by atoms with van der Waals surface area (Å²) in [6, 6.07) is 6.68. The third kappa shape index (κ3) is 5.61. The van der Waals surface area contributed by atoms with Gasteiger partial charge in [0.2, 0.25) is 10.0 Å². The number of aliphatic imine (C=N–C) groups is 1. The van der Waals surface area contributed by atoms with E-state index in [1.807, 2.05) is 0 Å². The second-order valence-corrected chi connectivity index (χ2v) is 7.58. The van der Waals surface area contributed by atoms with Gasteiger partial charge in [-0.2, -0.15) is 0 Å². The highest BCUT2D eigenvalue weighted by atomic mass is 127. The summed E-state index contributed by atoms with van der Waals surface area (Å²) >= 11 is 0. The second kappa shape index (κ2) is 8.84. The van der Waals surface area contributed by atoms with E-state index in [-0.39, 0.29) is 28.9 Å². The summed E-state index contributed by atoms with van der Waals surface area (Å²) in [5, 5.41) is 0. The molecule has 0 unspecified atom stereocenters. The van der Waals surface area contributed by atoms with Crippen LogP contribution >= 0.6 is 24.0 Å². The van der Waals surface area contributed by atoms with Crippen molar-refractivity contribution in [1.29, 1.82) is 0 Å². The Hall–Kier alpha value is -0.870. The van der Waals surface area contributed by atoms with Crippen LogP contribution in [0.25, 0.3) is 0 Å². The minimum absolute atomic E-state index is 0. The van der Waals surface area contributed by atoms with E-state index in [9.17, 15) is 8.42 Å². The first-order valence-corrected chi connectivity index (χ1v) is 8.98. The van der Waals surface area contributed by atoms with Crippen LogP contribution in [0, 0.1) is 5.92 Å². The molecular weight excluding hydrogens is 427 g/mol. The third-order valence-corrected chi connectivity index (χ3v) is 5.46. The number of nitrogens with two attached hydrogens (primary N) is 1. The maximum absolute atomic E-state index is 11.6. The Morgan fingerprint density at radius 2 is 1.87 bits per heavy atom. The average molecular weight is 452 g/mol. The van der Waals surface area contributed by atoms with Gasteiger partial charge in [0.05, 0.1) is 11.4 Å². The molecule has 23 heavy (non-hydrogen) atoms. The van der Waals surface area contributed by atoms with E-state index in [2.05, 4.69) is 21.5 Å². The van der Waals surface area contributed by atoms with Crippen LogP contribution < -0.4 is 10.5 Å². The Balaban J connectivity index is 0.00000264. The molecule has 0 radical (unpaired) electrons. The van der Waals surface area contributed by atoms with Crippen LogP contribution in [0.3, 0.4) is 0 Å². The van der Waals surface area contributed by atoms with E-state index in [1.165, 1.54) is 7.05 Å². The van der Waals surface area contributed by atoms with Crippen molar-refractivity contribution in [3.05, 3.63) is 29.8 Å². The lowest BCUT2D eigenvalue weighted by molar-refractivity contribution is 0.277. The van der Waals surface area contributed by atoms with Crippen LogP contribution in [-0.4, -0.2) is 39.4 Å². The molecule has 1 heterocycles. The van der Waals surface area contributed by atoms with Gasteiger partial charge in [0.15, 0.2) is 5.96 Å². The first-order chi connectivity index (χ1) is 10.4. The molecule has 1 aromatic carbocycles. The molecule has 1 saturated heterocycles. The number of likely N-dealkylation sites (tertiary alicyclic amines) is 1. The SMILES string of the molecule is CNS(=O)(=O)c1ccc(CN=C(N)N2CCC(C)CC2)cc1.I. The standard InChI is InChI=1S/C15H24N4O2S.HI/c1-12-7-9-19(10-8-12)15(16)18-11-13-3-5-14(6-4-13)22(20,21)17-2;/h3-6,12,17H,7-11H2,1-2H3,(H2,16,18);1H. The number of hydrogen-bond donors (Lipinski definition) is 2. The fraction of sp³-hybridized carbons (Fsp3) is 0.533. The molecule has 8 heteroatoms. The van der Waals surface area contributed by atoms with Crippen molar-refractivity contribution in [3.63, 3.8) is 0 Å². The van der Waals surface area contributed by atoms with Crippen LogP contribution in [0.2, 0.25) is 0 Å². The van der Waals surface area contributed by atoms with Crippen LogP contribution in [0.1, 0.15) is 25.3 Å².